The fourth-order valence-electron chi connectivity index (χ4n) is 1.68. The van der Waals surface area contributed by atoms with E-state index in [0.29, 0.717) is 6.04 Å². The van der Waals surface area contributed by atoms with Crippen LogP contribution >= 0.6 is 27.7 Å². The van der Waals surface area contributed by atoms with Crippen molar-refractivity contribution >= 4 is 27.7 Å². The summed E-state index contributed by atoms with van der Waals surface area (Å²) in [6.45, 7) is 2.06. The van der Waals surface area contributed by atoms with E-state index in [2.05, 4.69) is 30.9 Å². The Morgan fingerprint density at radius 3 is 3.20 bits per heavy atom. The van der Waals surface area contributed by atoms with Crippen LogP contribution in [0.2, 0.25) is 0 Å². The third kappa shape index (κ3) is 2.73. The normalized spacial score (nSPS) is 23.2. The van der Waals surface area contributed by atoms with E-state index in [0.717, 1.165) is 24.2 Å². The van der Waals surface area contributed by atoms with Crippen molar-refractivity contribution in [3.8, 4) is 0 Å². The molecule has 4 nitrogen and oxygen atoms in total. The van der Waals surface area contributed by atoms with Gasteiger partial charge in [-0.2, -0.15) is 16.9 Å². The summed E-state index contributed by atoms with van der Waals surface area (Å²) >= 11 is 5.61. The van der Waals surface area contributed by atoms with Crippen LogP contribution in [0.4, 0.5) is 0 Å². The Morgan fingerprint density at radius 2 is 2.53 bits per heavy atom. The van der Waals surface area contributed by atoms with Gasteiger partial charge in [0.05, 0.1) is 6.54 Å². The highest BCUT2D eigenvalue weighted by Gasteiger charge is 2.22. The molecule has 0 bridgehead atoms. The third-order valence-electron chi connectivity index (χ3n) is 2.68. The second-order valence-corrected chi connectivity index (χ2v) is 5.45. The Balaban J connectivity index is 2.00. The molecule has 1 aromatic rings. The summed E-state index contributed by atoms with van der Waals surface area (Å²) in [6, 6.07) is 0.625. The van der Waals surface area contributed by atoms with Gasteiger partial charge in [-0.05, 0) is 0 Å². The molecule has 1 aromatic heterocycles. The molecule has 15 heavy (non-hydrogen) atoms. The lowest BCUT2D eigenvalue weighted by atomic mass is 10.3. The molecule has 1 aliphatic rings. The van der Waals surface area contributed by atoms with Crippen LogP contribution in [-0.2, 0) is 13.6 Å². The monoisotopic (exact) mass is 290 g/mol. The summed E-state index contributed by atoms with van der Waals surface area (Å²) in [6.07, 6.45) is 1.62. The van der Waals surface area contributed by atoms with E-state index in [1.807, 2.05) is 23.5 Å². The highest BCUT2D eigenvalue weighted by atomic mass is 79.9. The number of hydrogen-bond acceptors (Lipinski definition) is 4. The average Bonchev–Trinajstić information content (AvgIpc) is 2.65. The summed E-state index contributed by atoms with van der Waals surface area (Å²) in [5.41, 5.74) is 0. The molecule has 0 spiro atoms. The predicted octanol–water partition coefficient (Wildman–Crippen LogP) is 1.13. The first kappa shape index (κ1) is 11.4. The second-order valence-electron chi connectivity index (χ2n) is 3.65. The van der Waals surface area contributed by atoms with Crippen molar-refractivity contribution in [1.29, 1.82) is 0 Å². The first-order valence-electron chi connectivity index (χ1n) is 5.02. The lowest BCUT2D eigenvalue weighted by Gasteiger charge is -2.33. The Hall–Kier alpha value is -0.0700. The van der Waals surface area contributed by atoms with Gasteiger partial charge in [0.2, 0.25) is 0 Å². The van der Waals surface area contributed by atoms with Gasteiger partial charge in [0, 0.05) is 36.5 Å². The van der Waals surface area contributed by atoms with Gasteiger partial charge in [0.15, 0.2) is 0 Å². The lowest BCUT2D eigenvalue weighted by molar-refractivity contribution is 0.219. The van der Waals surface area contributed by atoms with Crippen LogP contribution in [0.3, 0.4) is 0 Å². The fraction of sp³-hybridized carbons (Fsp3) is 0.778. The van der Waals surface area contributed by atoms with Crippen molar-refractivity contribution < 1.29 is 0 Å². The highest BCUT2D eigenvalue weighted by molar-refractivity contribution is 9.09. The SMILES string of the molecule is Cn1ncnc1CN1CCSCC1CBr. The van der Waals surface area contributed by atoms with Crippen LogP contribution in [0.5, 0.6) is 0 Å². The van der Waals surface area contributed by atoms with E-state index >= 15 is 0 Å². The molecule has 0 saturated carbocycles. The summed E-state index contributed by atoms with van der Waals surface area (Å²) < 4.78 is 1.85. The van der Waals surface area contributed by atoms with Crippen molar-refractivity contribution in [3.05, 3.63) is 12.2 Å². The van der Waals surface area contributed by atoms with E-state index in [4.69, 9.17) is 0 Å². The van der Waals surface area contributed by atoms with Gasteiger partial charge in [-0.3, -0.25) is 9.58 Å². The third-order valence-corrected chi connectivity index (χ3v) is 4.52. The van der Waals surface area contributed by atoms with Crippen molar-refractivity contribution in [2.45, 2.75) is 12.6 Å². The smallest absolute Gasteiger partial charge is 0.140 e. The maximum Gasteiger partial charge on any atom is 0.140 e. The van der Waals surface area contributed by atoms with Gasteiger partial charge in [-0.25, -0.2) is 4.98 Å². The van der Waals surface area contributed by atoms with E-state index in [1.165, 1.54) is 11.5 Å². The molecule has 84 valence electrons. The molecule has 1 saturated heterocycles. The van der Waals surface area contributed by atoms with Crippen molar-refractivity contribution in [2.24, 2.45) is 7.05 Å². The van der Waals surface area contributed by atoms with Crippen LogP contribution in [0.1, 0.15) is 5.82 Å². The summed E-state index contributed by atoms with van der Waals surface area (Å²) in [4.78, 5) is 6.75. The van der Waals surface area contributed by atoms with Gasteiger partial charge in [-0.15, -0.1) is 0 Å². The van der Waals surface area contributed by atoms with Crippen LogP contribution in [-0.4, -0.2) is 49.1 Å². The van der Waals surface area contributed by atoms with Crippen LogP contribution in [0.15, 0.2) is 6.33 Å². The zero-order chi connectivity index (χ0) is 10.7. The second kappa shape index (κ2) is 5.32. The largest absolute Gasteiger partial charge is 0.290 e. The van der Waals surface area contributed by atoms with Gasteiger partial charge in [0.25, 0.3) is 0 Å². The number of thioether (sulfide) groups is 1. The standard InChI is InChI=1S/C9H15BrN4S/c1-13-9(11-7-12-13)5-14-2-3-15-6-8(14)4-10/h7-8H,2-6H2,1H3. The molecule has 1 atom stereocenters. The molecule has 0 aliphatic carbocycles. The van der Waals surface area contributed by atoms with Crippen molar-refractivity contribution in [2.75, 3.05) is 23.4 Å². The van der Waals surface area contributed by atoms with Crippen LogP contribution < -0.4 is 0 Å². The quantitative estimate of drug-likeness (QED) is 0.782. The number of hydrogen-bond donors (Lipinski definition) is 0. The van der Waals surface area contributed by atoms with Gasteiger partial charge in [-0.1, -0.05) is 15.9 Å². The van der Waals surface area contributed by atoms with Gasteiger partial charge >= 0.3 is 0 Å². The molecular weight excluding hydrogens is 276 g/mol. The van der Waals surface area contributed by atoms with Gasteiger partial charge < -0.3 is 0 Å². The molecular formula is C9H15BrN4S. The molecule has 0 amide bonds. The number of halogens is 1. The first-order valence-corrected chi connectivity index (χ1v) is 7.29. The maximum atomic E-state index is 4.27. The summed E-state index contributed by atoms with van der Waals surface area (Å²) in [5.74, 6) is 3.48. The van der Waals surface area contributed by atoms with E-state index in [-0.39, 0.29) is 0 Å². The topological polar surface area (TPSA) is 34.0 Å². The molecule has 2 heterocycles. The summed E-state index contributed by atoms with van der Waals surface area (Å²) in [7, 11) is 1.95. The maximum absolute atomic E-state index is 4.27. The number of aryl methyl sites for hydroxylation is 1. The minimum absolute atomic E-state index is 0.625. The van der Waals surface area contributed by atoms with Gasteiger partial charge in [0.1, 0.15) is 12.2 Å². The number of rotatable bonds is 3. The highest BCUT2D eigenvalue weighted by Crippen LogP contribution is 2.19. The Kier molecular flexibility index (Phi) is 4.05. The van der Waals surface area contributed by atoms with Crippen LogP contribution in [0, 0.1) is 0 Å². The van der Waals surface area contributed by atoms with Crippen molar-refractivity contribution in [1.82, 2.24) is 19.7 Å². The minimum Gasteiger partial charge on any atom is -0.290 e. The molecule has 6 heteroatoms. The molecule has 2 rings (SSSR count). The number of nitrogens with zero attached hydrogens (tertiary/aromatic N) is 4. The summed E-state index contributed by atoms with van der Waals surface area (Å²) in [5, 5.41) is 5.13. The molecule has 1 aliphatic heterocycles. The van der Waals surface area contributed by atoms with E-state index in [1.54, 1.807) is 6.33 Å². The van der Waals surface area contributed by atoms with E-state index in [9.17, 15) is 0 Å². The zero-order valence-corrected chi connectivity index (χ0v) is 11.2. The lowest BCUT2D eigenvalue weighted by Crippen LogP contribution is -2.43. The predicted molar refractivity (Wildman–Crippen MR) is 66.3 cm³/mol. The Morgan fingerprint density at radius 1 is 1.67 bits per heavy atom. The van der Waals surface area contributed by atoms with Crippen molar-refractivity contribution in [3.63, 3.8) is 0 Å². The molecule has 0 radical (unpaired) electrons. The number of alkyl halides is 1. The molecule has 1 fully saturated rings. The zero-order valence-electron chi connectivity index (χ0n) is 8.77. The number of aromatic nitrogens is 3. The minimum atomic E-state index is 0.625. The molecule has 0 N–H and O–H groups in total. The fourth-order valence-corrected chi connectivity index (χ4v) is 3.76. The first-order chi connectivity index (χ1) is 7.31. The average molecular weight is 291 g/mol. The van der Waals surface area contributed by atoms with Crippen LogP contribution in [0.25, 0.3) is 0 Å². The Bertz CT molecular complexity index is 317. The Labute approximate surface area is 103 Å². The van der Waals surface area contributed by atoms with E-state index < -0.39 is 0 Å². The molecule has 1 unspecified atom stereocenters. The molecule has 0 aromatic carbocycles.